The predicted octanol–water partition coefficient (Wildman–Crippen LogP) is 2.89. The Balaban J connectivity index is 2.40. The highest BCUT2D eigenvalue weighted by atomic mass is 19.1. The maximum atomic E-state index is 13.5. The molecule has 1 aromatic heterocycles. The van der Waals surface area contributed by atoms with Gasteiger partial charge in [0.25, 0.3) is 0 Å². The first-order valence-corrected chi connectivity index (χ1v) is 6.06. The van der Waals surface area contributed by atoms with Crippen LogP contribution >= 0.6 is 0 Å². The minimum absolute atomic E-state index is 0.108. The molecule has 0 radical (unpaired) electrons. The summed E-state index contributed by atoms with van der Waals surface area (Å²) >= 11 is 0. The van der Waals surface area contributed by atoms with Crippen LogP contribution in [-0.4, -0.2) is 4.57 Å². The lowest BCUT2D eigenvalue weighted by Crippen LogP contribution is -2.16. The number of nitrogens with two attached hydrogens (primary N) is 1. The van der Waals surface area contributed by atoms with Crippen molar-refractivity contribution in [1.29, 1.82) is 0 Å². The largest absolute Gasteiger partial charge is 0.457 e. The van der Waals surface area contributed by atoms with Gasteiger partial charge < -0.3 is 15.0 Å². The second-order valence-corrected chi connectivity index (χ2v) is 4.38. The Morgan fingerprint density at radius 2 is 2.15 bits per heavy atom. The average Bonchev–Trinajstić information content (AvgIpc) is 2.40. The van der Waals surface area contributed by atoms with E-state index < -0.39 is 5.82 Å². The van der Waals surface area contributed by atoms with Gasteiger partial charge in [-0.05, 0) is 24.6 Å². The number of hydrogen-bond acceptors (Lipinski definition) is 3. The lowest BCUT2D eigenvalue weighted by molar-refractivity contribution is 0.470. The first kappa shape index (κ1) is 13.9. The summed E-state index contributed by atoms with van der Waals surface area (Å²) in [6.45, 7) is 5.37. The van der Waals surface area contributed by atoms with Gasteiger partial charge in [-0.25, -0.2) is 9.38 Å². The topological polar surface area (TPSA) is 52.5 Å². The molecule has 2 rings (SSSR count). The summed E-state index contributed by atoms with van der Waals surface area (Å²) in [5.41, 5.74) is 7.06. The number of nitrogens with zero attached hydrogens (tertiary/aromatic N) is 2. The number of aromatic nitrogens is 1. The third kappa shape index (κ3) is 2.88. The molecule has 0 aliphatic carbocycles. The van der Waals surface area contributed by atoms with E-state index in [2.05, 4.69) is 11.6 Å². The van der Waals surface area contributed by atoms with Gasteiger partial charge in [-0.15, -0.1) is 0 Å². The summed E-state index contributed by atoms with van der Waals surface area (Å²) in [6.07, 6.45) is 3.26. The molecule has 0 aliphatic rings. The molecule has 0 bridgehead atoms. The van der Waals surface area contributed by atoms with Crippen molar-refractivity contribution in [2.45, 2.75) is 6.92 Å². The molecule has 0 saturated carbocycles. The number of pyridine rings is 1. The number of anilines is 1. The Morgan fingerprint density at radius 1 is 1.40 bits per heavy atom. The lowest BCUT2D eigenvalue weighted by Gasteiger charge is -2.10. The van der Waals surface area contributed by atoms with Crippen LogP contribution < -0.4 is 16.0 Å². The van der Waals surface area contributed by atoms with E-state index in [0.29, 0.717) is 17.0 Å². The molecule has 104 valence electrons. The highest BCUT2D eigenvalue weighted by Crippen LogP contribution is 2.27. The first-order chi connectivity index (χ1) is 9.51. The molecule has 2 aromatic rings. The average molecular weight is 273 g/mol. The molecule has 1 heterocycles. The van der Waals surface area contributed by atoms with Crippen LogP contribution in [0, 0.1) is 12.7 Å². The van der Waals surface area contributed by atoms with Crippen LogP contribution in [0.3, 0.4) is 0 Å². The molecule has 0 unspecified atom stereocenters. The highest BCUT2D eigenvalue weighted by molar-refractivity contribution is 5.49. The van der Waals surface area contributed by atoms with Crippen molar-refractivity contribution in [2.75, 3.05) is 5.73 Å². The number of ether oxygens (including phenoxy) is 1. The van der Waals surface area contributed by atoms with Crippen molar-refractivity contribution >= 4 is 5.69 Å². The van der Waals surface area contributed by atoms with Gasteiger partial charge in [0.1, 0.15) is 22.8 Å². The van der Waals surface area contributed by atoms with Crippen LogP contribution in [0.25, 0.3) is 0 Å². The number of halogens is 1. The van der Waals surface area contributed by atoms with Gasteiger partial charge in [-0.3, -0.25) is 0 Å². The molecule has 0 aliphatic heterocycles. The second-order valence-electron chi connectivity index (χ2n) is 4.38. The lowest BCUT2D eigenvalue weighted by atomic mass is 10.2. The fraction of sp³-hybridized carbons (Fsp3) is 0.133. The molecule has 0 atom stereocenters. The minimum Gasteiger partial charge on any atom is -0.457 e. The predicted molar refractivity (Wildman–Crippen MR) is 76.8 cm³/mol. The van der Waals surface area contributed by atoms with Crippen molar-refractivity contribution in [3.05, 3.63) is 60.1 Å². The van der Waals surface area contributed by atoms with Gasteiger partial charge in [0, 0.05) is 31.6 Å². The van der Waals surface area contributed by atoms with Gasteiger partial charge in [-0.1, -0.05) is 6.58 Å². The highest BCUT2D eigenvalue weighted by Gasteiger charge is 2.07. The van der Waals surface area contributed by atoms with Gasteiger partial charge in [-0.2, -0.15) is 0 Å². The summed E-state index contributed by atoms with van der Waals surface area (Å²) in [6, 6.07) is 6.34. The van der Waals surface area contributed by atoms with E-state index in [1.54, 1.807) is 24.4 Å². The SMILES string of the molecule is C=CN=c1cc(Oc2cc(F)c(N)cc2C)ccn1C. The van der Waals surface area contributed by atoms with Crippen LogP contribution in [0.5, 0.6) is 11.5 Å². The van der Waals surface area contributed by atoms with E-state index in [1.807, 2.05) is 18.5 Å². The van der Waals surface area contributed by atoms with E-state index >= 15 is 0 Å². The molecular formula is C15H16FN3O. The molecular weight excluding hydrogens is 257 g/mol. The van der Waals surface area contributed by atoms with Crippen LogP contribution in [0.4, 0.5) is 10.1 Å². The molecule has 5 heteroatoms. The molecule has 0 spiro atoms. The molecule has 0 fully saturated rings. The van der Waals surface area contributed by atoms with Gasteiger partial charge in [0.15, 0.2) is 0 Å². The smallest absolute Gasteiger partial charge is 0.149 e. The molecule has 0 amide bonds. The zero-order valence-electron chi connectivity index (χ0n) is 11.4. The second kappa shape index (κ2) is 5.61. The van der Waals surface area contributed by atoms with Crippen LogP contribution in [-0.2, 0) is 7.05 Å². The van der Waals surface area contributed by atoms with Crippen molar-refractivity contribution in [3.63, 3.8) is 0 Å². The van der Waals surface area contributed by atoms with Crippen molar-refractivity contribution in [1.82, 2.24) is 4.57 Å². The van der Waals surface area contributed by atoms with Crippen molar-refractivity contribution < 1.29 is 9.13 Å². The zero-order valence-corrected chi connectivity index (χ0v) is 11.4. The Labute approximate surface area is 116 Å². The number of hydrogen-bond donors (Lipinski definition) is 1. The number of nitrogen functional groups attached to an aromatic ring is 1. The summed E-state index contributed by atoms with van der Waals surface area (Å²) in [5, 5.41) is 0. The van der Waals surface area contributed by atoms with E-state index in [9.17, 15) is 4.39 Å². The minimum atomic E-state index is -0.497. The Kier molecular flexibility index (Phi) is 3.89. The number of aryl methyl sites for hydroxylation is 2. The molecule has 4 nitrogen and oxygen atoms in total. The van der Waals surface area contributed by atoms with Crippen LogP contribution in [0.2, 0.25) is 0 Å². The van der Waals surface area contributed by atoms with Crippen molar-refractivity contribution in [2.24, 2.45) is 12.0 Å². The fourth-order valence-corrected chi connectivity index (χ4v) is 1.75. The monoisotopic (exact) mass is 273 g/mol. The van der Waals surface area contributed by atoms with Gasteiger partial charge >= 0.3 is 0 Å². The standard InChI is InChI=1S/C15H16FN3O/c1-4-18-15-8-11(5-6-19(15)3)20-14-9-12(16)13(17)7-10(14)2/h4-9H,1,17H2,2-3H3. The third-order valence-electron chi connectivity index (χ3n) is 2.84. The number of rotatable bonds is 3. The molecule has 2 N–H and O–H groups in total. The van der Waals surface area contributed by atoms with Crippen LogP contribution in [0.15, 0.2) is 48.2 Å². The molecule has 1 aromatic carbocycles. The normalized spacial score (nSPS) is 11.4. The van der Waals surface area contributed by atoms with Gasteiger partial charge in [0.2, 0.25) is 0 Å². The summed E-state index contributed by atoms with van der Waals surface area (Å²) in [7, 11) is 1.86. The van der Waals surface area contributed by atoms with Crippen molar-refractivity contribution in [3.8, 4) is 11.5 Å². The fourth-order valence-electron chi connectivity index (χ4n) is 1.75. The zero-order chi connectivity index (χ0) is 14.7. The van der Waals surface area contributed by atoms with E-state index in [4.69, 9.17) is 10.5 Å². The molecule has 0 saturated heterocycles. The Morgan fingerprint density at radius 3 is 2.85 bits per heavy atom. The maximum absolute atomic E-state index is 13.5. The quantitative estimate of drug-likeness (QED) is 0.874. The summed E-state index contributed by atoms with van der Waals surface area (Å²) in [5.74, 6) is 0.495. The van der Waals surface area contributed by atoms with E-state index in [0.717, 1.165) is 5.56 Å². The summed E-state index contributed by atoms with van der Waals surface area (Å²) in [4.78, 5) is 4.12. The van der Waals surface area contributed by atoms with Crippen LogP contribution in [0.1, 0.15) is 5.56 Å². The summed E-state index contributed by atoms with van der Waals surface area (Å²) < 4.78 is 21.0. The third-order valence-corrected chi connectivity index (χ3v) is 2.84. The maximum Gasteiger partial charge on any atom is 0.149 e. The van der Waals surface area contributed by atoms with E-state index in [1.165, 1.54) is 12.3 Å². The van der Waals surface area contributed by atoms with E-state index in [-0.39, 0.29) is 5.69 Å². The van der Waals surface area contributed by atoms with Gasteiger partial charge in [0.05, 0.1) is 5.69 Å². The number of benzene rings is 1. The molecule has 20 heavy (non-hydrogen) atoms. The Hall–Kier alpha value is -2.56. The first-order valence-electron chi connectivity index (χ1n) is 6.06. The Bertz CT molecular complexity index is 720.